The summed E-state index contributed by atoms with van der Waals surface area (Å²) in [5.41, 5.74) is 3.22. The normalized spacial score (nSPS) is 19.9. The van der Waals surface area contributed by atoms with E-state index in [2.05, 4.69) is 10.3 Å². The molecule has 0 aliphatic carbocycles. The largest absolute Gasteiger partial charge is 0.351 e. The highest BCUT2D eigenvalue weighted by atomic mass is 16.6. The van der Waals surface area contributed by atoms with Crippen LogP contribution in [0.15, 0.2) is 41.4 Å². The molecule has 172 valence electrons. The first-order valence-corrected chi connectivity index (χ1v) is 10.6. The molecule has 10 nitrogen and oxygen atoms in total. The Hall–Kier alpha value is -3.79. The van der Waals surface area contributed by atoms with Crippen molar-refractivity contribution in [2.24, 2.45) is 4.99 Å². The van der Waals surface area contributed by atoms with Crippen molar-refractivity contribution in [3.8, 4) is 0 Å². The van der Waals surface area contributed by atoms with Gasteiger partial charge in [-0.1, -0.05) is 12.1 Å². The van der Waals surface area contributed by atoms with Crippen LogP contribution in [0.2, 0.25) is 0 Å². The maximum atomic E-state index is 13.7. The van der Waals surface area contributed by atoms with E-state index in [4.69, 9.17) is 0 Å². The van der Waals surface area contributed by atoms with Gasteiger partial charge in [-0.05, 0) is 49.6 Å². The van der Waals surface area contributed by atoms with Crippen LogP contribution >= 0.6 is 0 Å². The summed E-state index contributed by atoms with van der Waals surface area (Å²) < 4.78 is 0. The minimum absolute atomic E-state index is 0.00871. The molecule has 0 saturated heterocycles. The summed E-state index contributed by atoms with van der Waals surface area (Å²) in [7, 11) is 3.22. The van der Waals surface area contributed by atoms with Crippen LogP contribution in [0.25, 0.3) is 0 Å². The van der Waals surface area contributed by atoms with E-state index in [-0.39, 0.29) is 12.2 Å². The number of fused-ring (bicyclic) bond motifs is 2. The Balaban J connectivity index is 1.85. The van der Waals surface area contributed by atoms with Gasteiger partial charge in [0.25, 0.3) is 11.6 Å². The van der Waals surface area contributed by atoms with Crippen molar-refractivity contribution in [1.29, 1.82) is 0 Å². The van der Waals surface area contributed by atoms with Gasteiger partial charge in [-0.25, -0.2) is 4.79 Å². The topological polar surface area (TPSA) is 111 Å². The van der Waals surface area contributed by atoms with Crippen molar-refractivity contribution < 1.29 is 14.5 Å². The number of anilines is 2. The van der Waals surface area contributed by atoms with Crippen LogP contribution in [0.5, 0.6) is 0 Å². The fraction of sp³-hybridized carbons (Fsp3) is 0.348. The molecule has 1 N–H and O–H groups in total. The molecule has 1 atom stereocenters. The van der Waals surface area contributed by atoms with Crippen LogP contribution in [-0.2, 0) is 11.3 Å². The smallest absolute Gasteiger partial charge is 0.338 e. The second-order valence-electron chi connectivity index (χ2n) is 8.30. The molecule has 0 aromatic heterocycles. The quantitative estimate of drug-likeness (QED) is 0.551. The van der Waals surface area contributed by atoms with Crippen LogP contribution in [0.4, 0.5) is 21.9 Å². The van der Waals surface area contributed by atoms with Crippen LogP contribution in [-0.4, -0.2) is 53.9 Å². The van der Waals surface area contributed by atoms with Crippen molar-refractivity contribution >= 4 is 34.8 Å². The number of amides is 3. The van der Waals surface area contributed by atoms with Gasteiger partial charge in [-0.15, -0.1) is 0 Å². The number of nitro benzene ring substituents is 1. The summed E-state index contributed by atoms with van der Waals surface area (Å²) in [6.45, 7) is 6.68. The number of likely N-dealkylation sites (N-methyl/N-ethyl adjacent to an activating group) is 3. The summed E-state index contributed by atoms with van der Waals surface area (Å²) in [6, 6.07) is 9.58. The van der Waals surface area contributed by atoms with E-state index in [9.17, 15) is 19.7 Å². The lowest BCUT2D eigenvalue weighted by atomic mass is 9.93. The molecular weight excluding hydrogens is 424 g/mol. The first-order chi connectivity index (χ1) is 15.6. The molecule has 33 heavy (non-hydrogen) atoms. The molecule has 0 fully saturated rings. The molecule has 0 bridgehead atoms. The number of nitrogens with one attached hydrogen (secondary N) is 1. The second kappa shape index (κ2) is 7.96. The number of urea groups is 1. The summed E-state index contributed by atoms with van der Waals surface area (Å²) in [5.74, 6) is -0.132. The number of rotatable bonds is 5. The molecule has 3 amide bonds. The number of hydrogen-bond donors (Lipinski definition) is 1. The Morgan fingerprint density at radius 1 is 1.03 bits per heavy atom. The Morgan fingerprint density at radius 2 is 1.64 bits per heavy atom. The lowest BCUT2D eigenvalue weighted by Gasteiger charge is -2.53. The predicted molar refractivity (Wildman–Crippen MR) is 126 cm³/mol. The van der Waals surface area contributed by atoms with E-state index >= 15 is 0 Å². The highest BCUT2D eigenvalue weighted by Crippen LogP contribution is 2.43. The number of benzene rings is 2. The molecule has 4 rings (SSSR count). The van der Waals surface area contributed by atoms with Gasteiger partial charge in [0.05, 0.1) is 16.3 Å². The summed E-state index contributed by atoms with van der Waals surface area (Å²) in [6.07, 6.45) is 0. The average molecular weight is 450 g/mol. The Bertz CT molecular complexity index is 1190. The van der Waals surface area contributed by atoms with Crippen molar-refractivity contribution in [1.82, 2.24) is 10.2 Å². The van der Waals surface area contributed by atoms with E-state index < -0.39 is 22.5 Å². The van der Waals surface area contributed by atoms with Crippen molar-refractivity contribution in [2.45, 2.75) is 33.0 Å². The van der Waals surface area contributed by atoms with Crippen molar-refractivity contribution in [3.05, 3.63) is 63.2 Å². The number of imide groups is 1. The molecule has 1 unspecified atom stereocenters. The molecule has 2 aromatic rings. The van der Waals surface area contributed by atoms with E-state index in [0.717, 1.165) is 33.0 Å². The van der Waals surface area contributed by atoms with Crippen LogP contribution < -0.4 is 15.1 Å². The predicted octanol–water partition coefficient (Wildman–Crippen LogP) is 2.96. The number of nitrogens with zero attached hydrogens (tertiary/aromatic N) is 5. The van der Waals surface area contributed by atoms with Gasteiger partial charge in [-0.2, -0.15) is 4.99 Å². The Labute approximate surface area is 191 Å². The third-order valence-electron chi connectivity index (χ3n) is 6.40. The number of aryl methyl sites for hydroxylation is 2. The molecular formula is C23H26N6O4. The Kier molecular flexibility index (Phi) is 5.41. The monoisotopic (exact) mass is 450 g/mol. The number of aliphatic imine (C=N–C) groups is 1. The first kappa shape index (κ1) is 22.4. The molecule has 0 spiro atoms. The molecule has 0 saturated carbocycles. The maximum Gasteiger partial charge on any atom is 0.351 e. The van der Waals surface area contributed by atoms with Crippen LogP contribution in [0.1, 0.15) is 23.6 Å². The number of hydrogen-bond acceptors (Lipinski definition) is 7. The number of amidine groups is 1. The number of carbonyl (C=O) groups is 2. The number of non-ortho nitro benzene ring substituents is 1. The zero-order valence-corrected chi connectivity index (χ0v) is 19.2. The summed E-state index contributed by atoms with van der Waals surface area (Å²) in [4.78, 5) is 45.8. The lowest BCUT2D eigenvalue weighted by Crippen LogP contribution is -2.78. The van der Waals surface area contributed by atoms with Gasteiger partial charge >= 0.3 is 6.03 Å². The molecule has 2 heterocycles. The van der Waals surface area contributed by atoms with Crippen LogP contribution in [0.3, 0.4) is 0 Å². The third-order valence-corrected chi connectivity index (χ3v) is 6.40. The van der Waals surface area contributed by atoms with Gasteiger partial charge in [0.2, 0.25) is 5.66 Å². The van der Waals surface area contributed by atoms with Crippen LogP contribution in [0, 0.1) is 24.0 Å². The molecule has 2 aliphatic heterocycles. The summed E-state index contributed by atoms with van der Waals surface area (Å²) >= 11 is 0. The van der Waals surface area contributed by atoms with E-state index in [1.54, 1.807) is 24.1 Å². The van der Waals surface area contributed by atoms with Crippen molar-refractivity contribution in [2.75, 3.05) is 30.4 Å². The van der Waals surface area contributed by atoms with Gasteiger partial charge < -0.3 is 9.80 Å². The minimum Gasteiger partial charge on any atom is -0.338 e. The average Bonchev–Trinajstić information content (AvgIpc) is 2.79. The highest BCUT2D eigenvalue weighted by Gasteiger charge is 2.58. The molecule has 2 aromatic carbocycles. The molecule has 10 heteroatoms. The number of carbonyl (C=O) groups excluding carboxylic acids is 2. The maximum absolute atomic E-state index is 13.7. The number of nitro groups is 1. The first-order valence-electron chi connectivity index (χ1n) is 10.6. The fourth-order valence-corrected chi connectivity index (χ4v) is 4.41. The zero-order valence-electron chi connectivity index (χ0n) is 19.2. The zero-order chi connectivity index (χ0) is 24.1. The second-order valence-corrected chi connectivity index (χ2v) is 8.30. The third kappa shape index (κ3) is 3.34. The van der Waals surface area contributed by atoms with Gasteiger partial charge in [0.15, 0.2) is 5.84 Å². The van der Waals surface area contributed by atoms with Gasteiger partial charge in [0.1, 0.15) is 0 Å². The highest BCUT2D eigenvalue weighted by molar-refractivity contribution is 6.30. The summed E-state index contributed by atoms with van der Waals surface area (Å²) in [5, 5.41) is 14.3. The van der Waals surface area contributed by atoms with E-state index in [1.165, 1.54) is 19.2 Å². The fourth-order valence-electron chi connectivity index (χ4n) is 4.41. The van der Waals surface area contributed by atoms with Gasteiger partial charge in [-0.3, -0.25) is 25.1 Å². The van der Waals surface area contributed by atoms with Gasteiger partial charge in [0, 0.05) is 39.3 Å². The molecule has 0 radical (unpaired) electrons. The SMILES string of the molecule is CCN1c2cc(C)c(C)cc2N(C)C2=NC(=O)N(C)C(=O)C21NCc1ccc([N+](=O)[O-])cc1. The molecule has 2 aliphatic rings. The van der Waals surface area contributed by atoms with E-state index in [1.807, 2.05) is 37.8 Å². The Morgan fingerprint density at radius 3 is 2.21 bits per heavy atom. The van der Waals surface area contributed by atoms with E-state index in [0.29, 0.717) is 12.4 Å². The standard InChI is InChI=1S/C23H26N6O4/c1-6-28-19-12-15(3)14(2)11-18(19)26(4)20-23(28,21(30)27(5)22(31)25-20)24-13-16-7-9-17(10-8-16)29(32)33/h7-12,24H,6,13H2,1-5H3. The van der Waals surface area contributed by atoms with Crippen molar-refractivity contribution in [3.63, 3.8) is 0 Å². The lowest BCUT2D eigenvalue weighted by molar-refractivity contribution is -0.384. The minimum atomic E-state index is -1.41.